The summed E-state index contributed by atoms with van der Waals surface area (Å²) in [6.45, 7) is 5.08. The van der Waals surface area contributed by atoms with E-state index >= 15 is 0 Å². The van der Waals surface area contributed by atoms with E-state index in [0.717, 1.165) is 19.4 Å². The molecule has 0 radical (unpaired) electrons. The molecule has 2 heterocycles. The molecule has 2 amide bonds. The van der Waals surface area contributed by atoms with Gasteiger partial charge in [0.05, 0.1) is 11.8 Å². The number of likely N-dealkylation sites (tertiary alicyclic amines) is 1. The fourth-order valence-electron chi connectivity index (χ4n) is 2.65. The Bertz CT molecular complexity index is 490. The second-order valence-electron chi connectivity index (χ2n) is 5.75. The summed E-state index contributed by atoms with van der Waals surface area (Å²) in [5, 5.41) is 2.70. The zero-order chi connectivity index (χ0) is 15.4. The van der Waals surface area contributed by atoms with Crippen LogP contribution < -0.4 is 11.1 Å². The van der Waals surface area contributed by atoms with Crippen molar-refractivity contribution in [2.75, 3.05) is 13.1 Å². The fraction of sp³-hybridized carbons (Fsp3) is 0.600. The molecule has 124 valence electrons. The first-order valence-corrected chi connectivity index (χ1v) is 7.36. The molecule has 0 bridgehead atoms. The van der Waals surface area contributed by atoms with Gasteiger partial charge in [0.2, 0.25) is 5.91 Å². The Morgan fingerprint density at radius 1 is 1.45 bits per heavy atom. The molecule has 3 N–H and O–H groups in total. The van der Waals surface area contributed by atoms with Crippen molar-refractivity contribution in [3.8, 4) is 0 Å². The maximum absolute atomic E-state index is 12.4. The van der Waals surface area contributed by atoms with Crippen molar-refractivity contribution in [3.05, 3.63) is 24.2 Å². The Hall–Kier alpha value is -1.53. The Kier molecular flexibility index (Phi) is 6.90. The minimum Gasteiger partial charge on any atom is -0.472 e. The summed E-state index contributed by atoms with van der Waals surface area (Å²) < 4.78 is 4.86. The Morgan fingerprint density at radius 2 is 2.18 bits per heavy atom. The third kappa shape index (κ3) is 4.48. The van der Waals surface area contributed by atoms with Crippen molar-refractivity contribution in [3.63, 3.8) is 0 Å². The summed E-state index contributed by atoms with van der Waals surface area (Å²) in [6, 6.07) is 1.09. The molecule has 22 heavy (non-hydrogen) atoms. The van der Waals surface area contributed by atoms with Crippen LogP contribution in [0.25, 0.3) is 0 Å². The molecule has 0 aromatic carbocycles. The molecular weight excluding hydrogens is 306 g/mol. The lowest BCUT2D eigenvalue weighted by atomic mass is 9.92. The van der Waals surface area contributed by atoms with Crippen LogP contribution in [0.5, 0.6) is 0 Å². The quantitative estimate of drug-likeness (QED) is 0.874. The van der Waals surface area contributed by atoms with Crippen LogP contribution in [-0.2, 0) is 4.79 Å². The van der Waals surface area contributed by atoms with Gasteiger partial charge >= 0.3 is 0 Å². The van der Waals surface area contributed by atoms with Crippen molar-refractivity contribution in [1.82, 2.24) is 10.2 Å². The van der Waals surface area contributed by atoms with Gasteiger partial charge in [0.15, 0.2) is 0 Å². The van der Waals surface area contributed by atoms with E-state index in [1.165, 1.54) is 12.5 Å². The number of nitrogens with zero attached hydrogens (tertiary/aromatic N) is 1. The van der Waals surface area contributed by atoms with Crippen LogP contribution in [0.3, 0.4) is 0 Å². The van der Waals surface area contributed by atoms with Gasteiger partial charge in [0.25, 0.3) is 5.91 Å². The van der Waals surface area contributed by atoms with Crippen LogP contribution in [0.1, 0.15) is 37.0 Å². The molecule has 0 saturated carbocycles. The summed E-state index contributed by atoms with van der Waals surface area (Å²) >= 11 is 0. The third-order valence-corrected chi connectivity index (χ3v) is 4.01. The number of carbonyl (C=O) groups is 2. The van der Waals surface area contributed by atoms with Crippen LogP contribution in [0.4, 0.5) is 0 Å². The Labute approximate surface area is 136 Å². The number of halogens is 1. The van der Waals surface area contributed by atoms with Gasteiger partial charge in [-0.15, -0.1) is 12.4 Å². The molecule has 1 fully saturated rings. The fourth-order valence-corrected chi connectivity index (χ4v) is 2.65. The number of piperidine rings is 1. The smallest absolute Gasteiger partial charge is 0.255 e. The van der Waals surface area contributed by atoms with Crippen LogP contribution in [0.2, 0.25) is 0 Å². The zero-order valence-corrected chi connectivity index (χ0v) is 13.8. The molecule has 0 spiro atoms. The number of rotatable bonds is 4. The molecule has 6 nitrogen and oxygen atoms in total. The molecule has 1 saturated heterocycles. The first-order chi connectivity index (χ1) is 9.99. The number of furan rings is 1. The van der Waals surface area contributed by atoms with E-state index in [0.29, 0.717) is 18.0 Å². The van der Waals surface area contributed by atoms with Gasteiger partial charge in [0.1, 0.15) is 12.3 Å². The van der Waals surface area contributed by atoms with Crippen LogP contribution in [0.15, 0.2) is 23.0 Å². The molecule has 7 heteroatoms. The molecule has 1 aliphatic heterocycles. The normalized spacial score (nSPS) is 20.7. The summed E-state index contributed by atoms with van der Waals surface area (Å²) in [4.78, 5) is 26.1. The van der Waals surface area contributed by atoms with Crippen molar-refractivity contribution < 1.29 is 14.0 Å². The maximum atomic E-state index is 12.4. The van der Waals surface area contributed by atoms with Crippen molar-refractivity contribution in [2.45, 2.75) is 38.8 Å². The van der Waals surface area contributed by atoms with Gasteiger partial charge in [-0.25, -0.2) is 0 Å². The molecule has 3 atom stereocenters. The minimum atomic E-state index is -0.556. The highest BCUT2D eigenvalue weighted by atomic mass is 35.5. The summed E-state index contributed by atoms with van der Waals surface area (Å²) in [5.41, 5.74) is 6.35. The SMILES string of the molecule is CC(NC(=O)c1ccoc1)C(=O)N1CCCC(C(C)N)C1.Cl. The van der Waals surface area contributed by atoms with Gasteiger partial charge in [-0.3, -0.25) is 9.59 Å². The Balaban J connectivity index is 0.00000242. The maximum Gasteiger partial charge on any atom is 0.255 e. The first-order valence-electron chi connectivity index (χ1n) is 7.36. The Morgan fingerprint density at radius 3 is 2.77 bits per heavy atom. The van der Waals surface area contributed by atoms with Crippen molar-refractivity contribution in [2.24, 2.45) is 11.7 Å². The monoisotopic (exact) mass is 329 g/mol. The van der Waals surface area contributed by atoms with Crippen molar-refractivity contribution in [1.29, 1.82) is 0 Å². The first kappa shape index (κ1) is 18.5. The van der Waals surface area contributed by atoms with Gasteiger partial charge in [-0.1, -0.05) is 0 Å². The van der Waals surface area contributed by atoms with Gasteiger partial charge in [-0.2, -0.15) is 0 Å². The standard InChI is InChI=1S/C15H23N3O3.ClH/c1-10(16)12-4-3-6-18(8-12)15(20)11(2)17-14(19)13-5-7-21-9-13;/h5,7,9-12H,3-4,6,8,16H2,1-2H3,(H,17,19);1H. The van der Waals surface area contributed by atoms with E-state index in [1.54, 1.807) is 17.9 Å². The van der Waals surface area contributed by atoms with E-state index in [1.807, 2.05) is 6.92 Å². The third-order valence-electron chi connectivity index (χ3n) is 4.01. The highest BCUT2D eigenvalue weighted by Crippen LogP contribution is 2.19. The highest BCUT2D eigenvalue weighted by Gasteiger charge is 2.29. The number of carbonyl (C=O) groups excluding carboxylic acids is 2. The van der Waals surface area contributed by atoms with Gasteiger partial charge < -0.3 is 20.4 Å². The summed E-state index contributed by atoms with van der Waals surface area (Å²) in [6.07, 6.45) is 4.80. The number of hydrogen-bond donors (Lipinski definition) is 2. The van der Waals surface area contributed by atoms with E-state index in [-0.39, 0.29) is 30.3 Å². The number of nitrogens with two attached hydrogens (primary N) is 1. The van der Waals surface area contributed by atoms with Crippen LogP contribution in [-0.4, -0.2) is 41.9 Å². The van der Waals surface area contributed by atoms with E-state index in [4.69, 9.17) is 10.2 Å². The number of nitrogens with one attached hydrogen (secondary N) is 1. The average Bonchev–Trinajstić information content (AvgIpc) is 3.00. The predicted molar refractivity (Wildman–Crippen MR) is 85.8 cm³/mol. The molecular formula is C15H24ClN3O3. The lowest BCUT2D eigenvalue weighted by Crippen LogP contribution is -2.51. The van der Waals surface area contributed by atoms with Gasteiger partial charge in [0, 0.05) is 19.1 Å². The molecule has 1 aliphatic rings. The average molecular weight is 330 g/mol. The van der Waals surface area contributed by atoms with Crippen LogP contribution >= 0.6 is 12.4 Å². The van der Waals surface area contributed by atoms with Gasteiger partial charge in [-0.05, 0) is 38.7 Å². The summed E-state index contributed by atoms with van der Waals surface area (Å²) in [7, 11) is 0. The minimum absolute atomic E-state index is 0. The lowest BCUT2D eigenvalue weighted by molar-refractivity contribution is -0.134. The molecule has 0 aliphatic carbocycles. The lowest BCUT2D eigenvalue weighted by Gasteiger charge is -2.36. The largest absolute Gasteiger partial charge is 0.472 e. The topological polar surface area (TPSA) is 88.6 Å². The predicted octanol–water partition coefficient (Wildman–Crippen LogP) is 1.41. The van der Waals surface area contributed by atoms with Crippen LogP contribution in [0, 0.1) is 5.92 Å². The second kappa shape index (κ2) is 8.19. The number of amides is 2. The summed E-state index contributed by atoms with van der Waals surface area (Å²) in [5.74, 6) is -0.0259. The van der Waals surface area contributed by atoms with E-state index < -0.39 is 6.04 Å². The molecule has 1 aromatic heterocycles. The number of hydrogen-bond acceptors (Lipinski definition) is 4. The zero-order valence-electron chi connectivity index (χ0n) is 13.0. The van der Waals surface area contributed by atoms with Crippen molar-refractivity contribution >= 4 is 24.2 Å². The van der Waals surface area contributed by atoms with E-state index in [9.17, 15) is 9.59 Å². The second-order valence-corrected chi connectivity index (χ2v) is 5.75. The highest BCUT2D eigenvalue weighted by molar-refractivity contribution is 5.97. The molecule has 3 unspecified atom stereocenters. The molecule has 1 aromatic rings. The van der Waals surface area contributed by atoms with E-state index in [2.05, 4.69) is 5.32 Å². The molecule has 2 rings (SSSR count).